The van der Waals surface area contributed by atoms with Crippen LogP contribution in [0.25, 0.3) is 0 Å². The summed E-state index contributed by atoms with van der Waals surface area (Å²) in [7, 11) is -3.84. The Morgan fingerprint density at radius 2 is 1.74 bits per heavy atom. The predicted octanol–water partition coefficient (Wildman–Crippen LogP) is 3.97. The maximum Gasteiger partial charge on any atom is 0.243 e. The SMILES string of the molecule is O=S(=O)(c1ccc(F)cc1)N(Cc1c(F)cccc1Cl)C1CC1. The molecule has 1 aliphatic rings. The van der Waals surface area contributed by atoms with E-state index in [0.717, 1.165) is 12.1 Å². The molecule has 2 aromatic rings. The molecule has 3 rings (SSSR count). The van der Waals surface area contributed by atoms with E-state index < -0.39 is 21.7 Å². The van der Waals surface area contributed by atoms with Crippen molar-refractivity contribution in [3.8, 4) is 0 Å². The molecule has 0 heterocycles. The molecule has 7 heteroatoms. The third-order valence-corrected chi connectivity index (χ3v) is 6.02. The minimum Gasteiger partial charge on any atom is -0.207 e. The molecule has 23 heavy (non-hydrogen) atoms. The lowest BCUT2D eigenvalue weighted by molar-refractivity contribution is 0.391. The first-order chi connectivity index (χ1) is 10.9. The molecule has 0 saturated heterocycles. The molecular formula is C16H14ClF2NO2S. The van der Waals surface area contributed by atoms with E-state index >= 15 is 0 Å². The van der Waals surface area contributed by atoms with E-state index in [-0.39, 0.29) is 28.1 Å². The standard InChI is InChI=1S/C16H14ClF2NO2S/c17-15-2-1-3-16(19)14(15)10-20(12-6-7-12)23(21,22)13-8-4-11(18)5-9-13/h1-5,8-9,12H,6-7,10H2. The molecule has 0 aliphatic heterocycles. The molecule has 0 amide bonds. The Morgan fingerprint density at radius 1 is 1.09 bits per heavy atom. The lowest BCUT2D eigenvalue weighted by Gasteiger charge is -2.22. The summed E-state index contributed by atoms with van der Waals surface area (Å²) in [5.74, 6) is -1.06. The summed E-state index contributed by atoms with van der Waals surface area (Å²) in [5.41, 5.74) is 0.145. The molecule has 1 aliphatic carbocycles. The van der Waals surface area contributed by atoms with Crippen molar-refractivity contribution in [1.82, 2.24) is 4.31 Å². The summed E-state index contributed by atoms with van der Waals surface area (Å²) >= 11 is 6.00. The fourth-order valence-corrected chi connectivity index (χ4v) is 4.23. The molecule has 122 valence electrons. The summed E-state index contributed by atoms with van der Waals surface area (Å²) in [5, 5.41) is 0.185. The van der Waals surface area contributed by atoms with Crippen molar-refractivity contribution in [2.75, 3.05) is 0 Å². The van der Waals surface area contributed by atoms with Crippen LogP contribution in [-0.4, -0.2) is 18.8 Å². The van der Waals surface area contributed by atoms with Crippen molar-refractivity contribution >= 4 is 21.6 Å². The van der Waals surface area contributed by atoms with Crippen LogP contribution in [0.3, 0.4) is 0 Å². The third-order valence-electron chi connectivity index (χ3n) is 3.75. The van der Waals surface area contributed by atoms with Crippen molar-refractivity contribution < 1.29 is 17.2 Å². The van der Waals surface area contributed by atoms with E-state index in [1.165, 1.54) is 34.6 Å². The van der Waals surface area contributed by atoms with Crippen LogP contribution < -0.4 is 0 Å². The zero-order chi connectivity index (χ0) is 16.6. The van der Waals surface area contributed by atoms with Crippen LogP contribution in [0.1, 0.15) is 18.4 Å². The number of sulfonamides is 1. The Labute approximate surface area is 138 Å². The van der Waals surface area contributed by atoms with Crippen LogP contribution in [0, 0.1) is 11.6 Å². The normalized spacial score (nSPS) is 15.1. The molecule has 0 bridgehead atoms. The summed E-state index contributed by atoms with van der Waals surface area (Å²) in [6, 6.07) is 8.66. The highest BCUT2D eigenvalue weighted by Crippen LogP contribution is 2.35. The molecule has 0 unspecified atom stereocenters. The highest BCUT2D eigenvalue weighted by atomic mass is 35.5. The first-order valence-electron chi connectivity index (χ1n) is 7.10. The van der Waals surface area contributed by atoms with Gasteiger partial charge < -0.3 is 0 Å². The van der Waals surface area contributed by atoms with Gasteiger partial charge >= 0.3 is 0 Å². The molecule has 0 atom stereocenters. The van der Waals surface area contributed by atoms with E-state index in [2.05, 4.69) is 0 Å². The average Bonchev–Trinajstić information content (AvgIpc) is 3.31. The second-order valence-electron chi connectivity index (χ2n) is 5.44. The summed E-state index contributed by atoms with van der Waals surface area (Å²) in [6.07, 6.45) is 1.43. The zero-order valence-electron chi connectivity index (χ0n) is 12.0. The molecule has 0 radical (unpaired) electrons. The quantitative estimate of drug-likeness (QED) is 0.812. The Hall–Kier alpha value is -1.50. The van der Waals surface area contributed by atoms with Crippen LogP contribution >= 0.6 is 11.6 Å². The van der Waals surface area contributed by atoms with E-state index in [0.29, 0.717) is 12.8 Å². The van der Waals surface area contributed by atoms with Crippen LogP contribution in [0.15, 0.2) is 47.4 Å². The highest BCUT2D eigenvalue weighted by molar-refractivity contribution is 7.89. The number of hydrogen-bond donors (Lipinski definition) is 0. The van der Waals surface area contributed by atoms with Crippen LogP contribution in [0.5, 0.6) is 0 Å². The van der Waals surface area contributed by atoms with Gasteiger partial charge in [0.2, 0.25) is 10.0 Å². The van der Waals surface area contributed by atoms with Gasteiger partial charge in [0.1, 0.15) is 11.6 Å². The van der Waals surface area contributed by atoms with Gasteiger partial charge in [-0.25, -0.2) is 17.2 Å². The van der Waals surface area contributed by atoms with Gasteiger partial charge in [0, 0.05) is 23.2 Å². The fourth-order valence-electron chi connectivity index (χ4n) is 2.35. The minimum atomic E-state index is -3.84. The molecule has 1 fully saturated rings. The van der Waals surface area contributed by atoms with Gasteiger partial charge in [-0.15, -0.1) is 0 Å². The number of nitrogens with zero attached hydrogens (tertiary/aromatic N) is 1. The van der Waals surface area contributed by atoms with E-state index in [4.69, 9.17) is 11.6 Å². The topological polar surface area (TPSA) is 37.4 Å². The number of halogens is 3. The number of rotatable bonds is 5. The lowest BCUT2D eigenvalue weighted by atomic mass is 10.2. The van der Waals surface area contributed by atoms with E-state index in [1.807, 2.05) is 0 Å². The van der Waals surface area contributed by atoms with Crippen molar-refractivity contribution in [2.24, 2.45) is 0 Å². The van der Waals surface area contributed by atoms with Crippen molar-refractivity contribution in [2.45, 2.75) is 30.3 Å². The van der Waals surface area contributed by atoms with Crippen LogP contribution in [0.4, 0.5) is 8.78 Å². The number of hydrogen-bond acceptors (Lipinski definition) is 2. The number of benzene rings is 2. The molecule has 2 aromatic carbocycles. The Kier molecular flexibility index (Phi) is 4.40. The Morgan fingerprint density at radius 3 is 2.30 bits per heavy atom. The highest BCUT2D eigenvalue weighted by Gasteiger charge is 2.38. The second kappa shape index (κ2) is 6.19. The third kappa shape index (κ3) is 3.39. The summed E-state index contributed by atoms with van der Waals surface area (Å²) < 4.78 is 53.8. The maximum atomic E-state index is 14.0. The van der Waals surface area contributed by atoms with Crippen LogP contribution in [-0.2, 0) is 16.6 Å². The fraction of sp³-hybridized carbons (Fsp3) is 0.250. The maximum absolute atomic E-state index is 14.0. The van der Waals surface area contributed by atoms with Crippen molar-refractivity contribution in [1.29, 1.82) is 0 Å². The van der Waals surface area contributed by atoms with Gasteiger partial charge in [-0.2, -0.15) is 4.31 Å². The Balaban J connectivity index is 1.97. The van der Waals surface area contributed by atoms with Gasteiger partial charge in [-0.05, 0) is 49.2 Å². The van der Waals surface area contributed by atoms with Gasteiger partial charge in [0.25, 0.3) is 0 Å². The predicted molar refractivity (Wildman–Crippen MR) is 83.6 cm³/mol. The van der Waals surface area contributed by atoms with Gasteiger partial charge in [-0.3, -0.25) is 0 Å². The first kappa shape index (κ1) is 16.4. The van der Waals surface area contributed by atoms with E-state index in [1.54, 1.807) is 0 Å². The minimum absolute atomic E-state index is 0.0155. The molecular weight excluding hydrogens is 344 g/mol. The summed E-state index contributed by atoms with van der Waals surface area (Å²) in [6.45, 7) is -0.143. The molecule has 0 aromatic heterocycles. The van der Waals surface area contributed by atoms with Crippen LogP contribution in [0.2, 0.25) is 5.02 Å². The second-order valence-corrected chi connectivity index (χ2v) is 7.73. The van der Waals surface area contributed by atoms with Crippen molar-refractivity contribution in [3.63, 3.8) is 0 Å². The summed E-state index contributed by atoms with van der Waals surface area (Å²) in [4.78, 5) is -0.0155. The Bertz CT molecular complexity index is 800. The van der Waals surface area contributed by atoms with Gasteiger partial charge in [-0.1, -0.05) is 17.7 Å². The smallest absolute Gasteiger partial charge is 0.207 e. The molecule has 0 N–H and O–H groups in total. The zero-order valence-corrected chi connectivity index (χ0v) is 13.6. The average molecular weight is 358 g/mol. The van der Waals surface area contributed by atoms with Gasteiger partial charge in [0.15, 0.2) is 0 Å². The lowest BCUT2D eigenvalue weighted by Crippen LogP contribution is -2.33. The van der Waals surface area contributed by atoms with Gasteiger partial charge in [0.05, 0.1) is 4.90 Å². The molecule has 3 nitrogen and oxygen atoms in total. The first-order valence-corrected chi connectivity index (χ1v) is 8.91. The monoisotopic (exact) mass is 357 g/mol. The largest absolute Gasteiger partial charge is 0.243 e. The molecule has 1 saturated carbocycles. The van der Waals surface area contributed by atoms with Crippen molar-refractivity contribution in [3.05, 3.63) is 64.7 Å². The molecule has 0 spiro atoms. The van der Waals surface area contributed by atoms with E-state index in [9.17, 15) is 17.2 Å².